The Bertz CT molecular complexity index is 654. The van der Waals surface area contributed by atoms with E-state index in [0.717, 1.165) is 11.8 Å². The number of allylic oxidation sites excluding steroid dienone is 1. The predicted molar refractivity (Wildman–Crippen MR) is 84.1 cm³/mol. The number of hydrogen-bond acceptors (Lipinski definition) is 4. The van der Waals surface area contributed by atoms with Gasteiger partial charge in [0.05, 0.1) is 0 Å². The molecule has 0 aliphatic rings. The number of rotatable bonds is 7. The zero-order chi connectivity index (χ0) is 15.8. The minimum atomic E-state index is -0.0993. The van der Waals surface area contributed by atoms with Crippen molar-refractivity contribution in [2.45, 2.75) is 0 Å². The van der Waals surface area contributed by atoms with Crippen LogP contribution >= 0.6 is 0 Å². The van der Waals surface area contributed by atoms with E-state index in [1.165, 1.54) is 6.08 Å². The molecule has 2 rings (SSSR count). The van der Waals surface area contributed by atoms with Crippen LogP contribution in [0.25, 0.3) is 6.08 Å². The molecule has 0 saturated carbocycles. The lowest BCUT2D eigenvalue weighted by Crippen LogP contribution is -1.99. The number of methoxy groups -OCH3 is 1. The molecule has 22 heavy (non-hydrogen) atoms. The SMILES string of the molecule is COCOc1ccc(C(=O)/C=C/c2ccc(C=O)cc2)cc1. The highest BCUT2D eigenvalue weighted by molar-refractivity contribution is 6.06. The van der Waals surface area contributed by atoms with Crippen LogP contribution in [0.4, 0.5) is 0 Å². The fourth-order valence-corrected chi connectivity index (χ4v) is 1.80. The minimum Gasteiger partial charge on any atom is -0.468 e. The van der Waals surface area contributed by atoms with Gasteiger partial charge in [-0.15, -0.1) is 0 Å². The second kappa shape index (κ2) is 7.90. The van der Waals surface area contributed by atoms with Crippen molar-refractivity contribution >= 4 is 18.1 Å². The number of carbonyl (C=O) groups excluding carboxylic acids is 2. The van der Waals surface area contributed by atoms with Gasteiger partial charge in [0.25, 0.3) is 0 Å². The van der Waals surface area contributed by atoms with Crippen molar-refractivity contribution in [3.05, 3.63) is 71.3 Å². The largest absolute Gasteiger partial charge is 0.468 e. The second-order valence-corrected chi connectivity index (χ2v) is 4.56. The van der Waals surface area contributed by atoms with Gasteiger partial charge in [-0.2, -0.15) is 0 Å². The number of aldehydes is 1. The Balaban J connectivity index is 2.01. The zero-order valence-electron chi connectivity index (χ0n) is 12.2. The van der Waals surface area contributed by atoms with Gasteiger partial charge in [0.1, 0.15) is 12.0 Å². The van der Waals surface area contributed by atoms with E-state index >= 15 is 0 Å². The topological polar surface area (TPSA) is 52.6 Å². The molecule has 2 aromatic rings. The fourth-order valence-electron chi connectivity index (χ4n) is 1.80. The summed E-state index contributed by atoms with van der Waals surface area (Å²) < 4.78 is 10.1. The Kier molecular flexibility index (Phi) is 5.63. The highest BCUT2D eigenvalue weighted by Gasteiger charge is 2.02. The zero-order valence-corrected chi connectivity index (χ0v) is 12.2. The van der Waals surface area contributed by atoms with Gasteiger partial charge in [-0.3, -0.25) is 9.59 Å². The van der Waals surface area contributed by atoms with Crippen LogP contribution in [0, 0.1) is 0 Å². The molecule has 0 bridgehead atoms. The highest BCUT2D eigenvalue weighted by Crippen LogP contribution is 2.13. The Morgan fingerprint density at radius 2 is 1.64 bits per heavy atom. The summed E-state index contributed by atoms with van der Waals surface area (Å²) in [6, 6.07) is 13.8. The molecule has 0 heterocycles. The minimum absolute atomic E-state index is 0.0993. The second-order valence-electron chi connectivity index (χ2n) is 4.56. The Hall–Kier alpha value is -2.72. The van der Waals surface area contributed by atoms with E-state index in [1.54, 1.807) is 61.7 Å². The number of hydrogen-bond donors (Lipinski definition) is 0. The fraction of sp³-hybridized carbons (Fsp3) is 0.111. The maximum Gasteiger partial charge on any atom is 0.188 e. The smallest absolute Gasteiger partial charge is 0.188 e. The van der Waals surface area contributed by atoms with Gasteiger partial charge >= 0.3 is 0 Å². The molecule has 0 aliphatic carbocycles. The first-order valence-corrected chi connectivity index (χ1v) is 6.72. The van der Waals surface area contributed by atoms with Crippen molar-refractivity contribution in [2.75, 3.05) is 13.9 Å². The van der Waals surface area contributed by atoms with Crippen LogP contribution in [0.3, 0.4) is 0 Å². The van der Waals surface area contributed by atoms with Crippen LogP contribution in [0.15, 0.2) is 54.6 Å². The lowest BCUT2D eigenvalue weighted by Gasteiger charge is -2.04. The molecule has 0 atom stereocenters. The van der Waals surface area contributed by atoms with Crippen LogP contribution in [-0.4, -0.2) is 26.0 Å². The molecular weight excluding hydrogens is 280 g/mol. The molecule has 0 aliphatic heterocycles. The van der Waals surface area contributed by atoms with Gasteiger partial charge in [-0.05, 0) is 35.9 Å². The summed E-state index contributed by atoms with van der Waals surface area (Å²) in [5.41, 5.74) is 2.04. The Labute approximate surface area is 129 Å². The number of benzene rings is 2. The number of carbonyl (C=O) groups is 2. The van der Waals surface area contributed by atoms with Crippen molar-refractivity contribution in [2.24, 2.45) is 0 Å². The summed E-state index contributed by atoms with van der Waals surface area (Å²) in [6.45, 7) is 0.171. The summed E-state index contributed by atoms with van der Waals surface area (Å²) in [7, 11) is 1.55. The normalized spacial score (nSPS) is 10.6. The molecule has 0 radical (unpaired) electrons. The van der Waals surface area contributed by atoms with Gasteiger partial charge in [0, 0.05) is 18.2 Å². The third kappa shape index (κ3) is 4.40. The first-order chi connectivity index (χ1) is 10.7. The van der Waals surface area contributed by atoms with E-state index in [9.17, 15) is 9.59 Å². The van der Waals surface area contributed by atoms with Crippen molar-refractivity contribution in [1.82, 2.24) is 0 Å². The maximum atomic E-state index is 12.1. The van der Waals surface area contributed by atoms with Crippen LogP contribution in [0.1, 0.15) is 26.3 Å². The van der Waals surface area contributed by atoms with Gasteiger partial charge < -0.3 is 9.47 Å². The molecule has 0 spiro atoms. The molecule has 0 N–H and O–H groups in total. The van der Waals surface area contributed by atoms with Crippen molar-refractivity contribution in [3.63, 3.8) is 0 Å². The lowest BCUT2D eigenvalue weighted by molar-refractivity contribution is 0.0511. The molecule has 4 nitrogen and oxygen atoms in total. The van der Waals surface area contributed by atoms with Gasteiger partial charge in [0.2, 0.25) is 0 Å². The molecule has 0 unspecified atom stereocenters. The van der Waals surface area contributed by atoms with E-state index < -0.39 is 0 Å². The molecule has 0 fully saturated rings. The van der Waals surface area contributed by atoms with E-state index in [0.29, 0.717) is 16.9 Å². The molecule has 2 aromatic carbocycles. The predicted octanol–water partition coefficient (Wildman–Crippen LogP) is 3.38. The third-order valence-electron chi connectivity index (χ3n) is 2.98. The van der Waals surface area contributed by atoms with E-state index in [-0.39, 0.29) is 12.6 Å². The maximum absolute atomic E-state index is 12.1. The molecule has 4 heteroatoms. The first-order valence-electron chi connectivity index (χ1n) is 6.72. The van der Waals surface area contributed by atoms with Crippen LogP contribution < -0.4 is 4.74 Å². The Morgan fingerprint density at radius 3 is 2.23 bits per heavy atom. The van der Waals surface area contributed by atoms with Crippen molar-refractivity contribution in [3.8, 4) is 5.75 Å². The van der Waals surface area contributed by atoms with Crippen LogP contribution in [0.5, 0.6) is 5.75 Å². The third-order valence-corrected chi connectivity index (χ3v) is 2.98. The lowest BCUT2D eigenvalue weighted by atomic mass is 10.1. The summed E-state index contributed by atoms with van der Waals surface area (Å²) in [4.78, 5) is 22.6. The molecule has 0 amide bonds. The molecule has 0 aromatic heterocycles. The average molecular weight is 296 g/mol. The highest BCUT2D eigenvalue weighted by atomic mass is 16.7. The number of ether oxygens (including phenoxy) is 2. The molecule has 112 valence electrons. The quantitative estimate of drug-likeness (QED) is 0.340. The van der Waals surface area contributed by atoms with E-state index in [2.05, 4.69) is 0 Å². The summed E-state index contributed by atoms with van der Waals surface area (Å²) in [5, 5.41) is 0. The average Bonchev–Trinajstić information content (AvgIpc) is 2.58. The van der Waals surface area contributed by atoms with Gasteiger partial charge in [-0.1, -0.05) is 30.3 Å². The summed E-state index contributed by atoms with van der Waals surface area (Å²) >= 11 is 0. The summed E-state index contributed by atoms with van der Waals surface area (Å²) in [5.74, 6) is 0.546. The first kappa shape index (κ1) is 15.7. The number of ketones is 1. The molecule has 0 saturated heterocycles. The van der Waals surface area contributed by atoms with Crippen LogP contribution in [0.2, 0.25) is 0 Å². The van der Waals surface area contributed by atoms with E-state index in [1.807, 2.05) is 0 Å². The Morgan fingerprint density at radius 1 is 1.00 bits per heavy atom. The van der Waals surface area contributed by atoms with Crippen molar-refractivity contribution < 1.29 is 19.1 Å². The standard InChI is InChI=1S/C18H16O4/c1-21-13-22-17-9-7-16(8-10-17)18(20)11-6-14-2-4-15(12-19)5-3-14/h2-12H,13H2,1H3/b11-6+. The summed E-state index contributed by atoms with van der Waals surface area (Å²) in [6.07, 6.45) is 4.00. The van der Waals surface area contributed by atoms with Crippen LogP contribution in [-0.2, 0) is 4.74 Å². The monoisotopic (exact) mass is 296 g/mol. The van der Waals surface area contributed by atoms with Gasteiger partial charge in [0.15, 0.2) is 12.6 Å². The van der Waals surface area contributed by atoms with E-state index in [4.69, 9.17) is 9.47 Å². The van der Waals surface area contributed by atoms with Crippen molar-refractivity contribution in [1.29, 1.82) is 0 Å². The van der Waals surface area contributed by atoms with Gasteiger partial charge in [-0.25, -0.2) is 0 Å². The molecular formula is C18H16O4.